The molecule has 1 heterocycles. The molecule has 0 saturated carbocycles. The van der Waals surface area contributed by atoms with Gasteiger partial charge in [-0.25, -0.2) is 4.98 Å². The van der Waals surface area contributed by atoms with Crippen LogP contribution in [0.25, 0.3) is 55.4 Å². The summed E-state index contributed by atoms with van der Waals surface area (Å²) in [4.78, 5) is 13.7. The Morgan fingerprint density at radius 2 is 1.09 bits per heavy atom. The van der Waals surface area contributed by atoms with E-state index in [1.54, 1.807) is 0 Å². The second kappa shape index (κ2) is 8.12. The second-order valence-corrected chi connectivity index (χ2v) is 8.22. The van der Waals surface area contributed by atoms with Gasteiger partial charge in [0.25, 0.3) is 0 Å². The van der Waals surface area contributed by atoms with Crippen molar-refractivity contribution in [3.63, 3.8) is 0 Å². The minimum absolute atomic E-state index is 0.180. The summed E-state index contributed by atoms with van der Waals surface area (Å²) < 4.78 is 0. The smallest absolute Gasteiger partial charge is 0.208 e. The van der Waals surface area contributed by atoms with Crippen LogP contribution in [0, 0.1) is 0 Å². The van der Waals surface area contributed by atoms with Gasteiger partial charge in [-0.05, 0) is 56.4 Å². The molecule has 5 aromatic carbocycles. The average Bonchev–Trinajstić information content (AvgIpc) is 2.88. The summed E-state index contributed by atoms with van der Waals surface area (Å²) in [6.07, 6.45) is 0. The predicted octanol–water partition coefficient (Wildman–Crippen LogP) is 7.83. The fourth-order valence-electron chi connectivity index (χ4n) is 4.29. The third-order valence-corrected chi connectivity index (χ3v) is 6.03. The number of hydrogen-bond acceptors (Lipinski definition) is 3. The molecule has 0 N–H and O–H groups in total. The molecule has 156 valence electrons. The van der Waals surface area contributed by atoms with E-state index in [1.807, 2.05) is 30.3 Å². The lowest BCUT2D eigenvalue weighted by atomic mass is 9.95. The van der Waals surface area contributed by atoms with Crippen LogP contribution in [0.3, 0.4) is 0 Å². The summed E-state index contributed by atoms with van der Waals surface area (Å²) in [5, 5.41) is 4.70. The molecule has 0 unspecified atom stereocenters. The van der Waals surface area contributed by atoms with Crippen LogP contribution in [0.5, 0.6) is 0 Å². The molecule has 0 amide bonds. The molecule has 0 spiro atoms. The molecule has 6 aromatic rings. The standard InChI is InChI=1S/C29H18ClN3/c30-29-32-27(22-15-14-19-8-4-5-11-21(19)18-22)31-28(33-29)26-17-16-23(20-9-2-1-3-10-20)24-12-6-7-13-25(24)26/h1-18H. The molecular weight excluding hydrogens is 426 g/mol. The van der Waals surface area contributed by atoms with Gasteiger partial charge in [0.05, 0.1) is 0 Å². The highest BCUT2D eigenvalue weighted by atomic mass is 35.5. The van der Waals surface area contributed by atoms with Crippen molar-refractivity contribution in [2.45, 2.75) is 0 Å². The van der Waals surface area contributed by atoms with Crippen molar-refractivity contribution in [2.75, 3.05) is 0 Å². The zero-order chi connectivity index (χ0) is 22.2. The molecule has 0 aliphatic heterocycles. The van der Waals surface area contributed by atoms with Crippen molar-refractivity contribution in [3.05, 3.63) is 114 Å². The average molecular weight is 444 g/mol. The first-order chi connectivity index (χ1) is 16.3. The molecule has 6 rings (SSSR count). The van der Waals surface area contributed by atoms with E-state index < -0.39 is 0 Å². The van der Waals surface area contributed by atoms with Crippen molar-refractivity contribution in [1.82, 2.24) is 15.0 Å². The second-order valence-electron chi connectivity index (χ2n) is 7.89. The highest BCUT2D eigenvalue weighted by Gasteiger charge is 2.14. The fraction of sp³-hybridized carbons (Fsp3) is 0. The van der Waals surface area contributed by atoms with Gasteiger partial charge >= 0.3 is 0 Å². The molecule has 3 nitrogen and oxygen atoms in total. The van der Waals surface area contributed by atoms with Crippen LogP contribution in [0.4, 0.5) is 0 Å². The summed E-state index contributed by atoms with van der Waals surface area (Å²) in [7, 11) is 0. The maximum absolute atomic E-state index is 6.38. The summed E-state index contributed by atoms with van der Waals surface area (Å²) >= 11 is 6.38. The summed E-state index contributed by atoms with van der Waals surface area (Å²) in [5.41, 5.74) is 4.18. The largest absolute Gasteiger partial charge is 0.226 e. The Labute approximate surface area is 196 Å². The molecule has 0 radical (unpaired) electrons. The minimum Gasteiger partial charge on any atom is -0.208 e. The number of nitrogens with zero attached hydrogens (tertiary/aromatic N) is 3. The van der Waals surface area contributed by atoms with E-state index in [2.05, 4.69) is 88.8 Å². The van der Waals surface area contributed by atoms with Crippen LogP contribution in [-0.2, 0) is 0 Å². The zero-order valence-electron chi connectivity index (χ0n) is 17.6. The van der Waals surface area contributed by atoms with E-state index in [4.69, 9.17) is 16.6 Å². The molecule has 0 aliphatic rings. The van der Waals surface area contributed by atoms with Crippen molar-refractivity contribution in [1.29, 1.82) is 0 Å². The predicted molar refractivity (Wildman–Crippen MR) is 136 cm³/mol. The van der Waals surface area contributed by atoms with Gasteiger partial charge in [-0.3, -0.25) is 0 Å². The van der Waals surface area contributed by atoms with Gasteiger partial charge in [0, 0.05) is 11.1 Å². The van der Waals surface area contributed by atoms with Gasteiger partial charge in [0.1, 0.15) is 0 Å². The molecule has 0 bridgehead atoms. The third kappa shape index (κ3) is 3.63. The summed E-state index contributed by atoms with van der Waals surface area (Å²) in [6, 6.07) is 37.3. The molecule has 0 aliphatic carbocycles. The minimum atomic E-state index is 0.180. The Kier molecular flexibility index (Phi) is 4.82. The molecule has 0 saturated heterocycles. The maximum atomic E-state index is 6.38. The number of hydrogen-bond donors (Lipinski definition) is 0. The molecule has 4 heteroatoms. The Morgan fingerprint density at radius 1 is 0.455 bits per heavy atom. The zero-order valence-corrected chi connectivity index (χ0v) is 18.4. The number of aromatic nitrogens is 3. The Hall–Kier alpha value is -4.08. The Bertz CT molecular complexity index is 1630. The van der Waals surface area contributed by atoms with Gasteiger partial charge in [0.15, 0.2) is 11.6 Å². The molecule has 0 fully saturated rings. The highest BCUT2D eigenvalue weighted by Crippen LogP contribution is 2.35. The maximum Gasteiger partial charge on any atom is 0.226 e. The number of halogens is 1. The molecule has 0 atom stereocenters. The van der Waals surface area contributed by atoms with E-state index in [1.165, 1.54) is 16.5 Å². The Morgan fingerprint density at radius 3 is 1.91 bits per heavy atom. The lowest BCUT2D eigenvalue weighted by Crippen LogP contribution is -1.98. The van der Waals surface area contributed by atoms with E-state index in [-0.39, 0.29) is 5.28 Å². The van der Waals surface area contributed by atoms with Crippen LogP contribution < -0.4 is 0 Å². The van der Waals surface area contributed by atoms with E-state index in [0.717, 1.165) is 27.3 Å². The first-order valence-corrected chi connectivity index (χ1v) is 11.1. The number of fused-ring (bicyclic) bond motifs is 2. The van der Waals surface area contributed by atoms with Gasteiger partial charge in [-0.2, -0.15) is 9.97 Å². The molecule has 1 aromatic heterocycles. The first kappa shape index (κ1) is 19.6. The summed E-state index contributed by atoms with van der Waals surface area (Å²) in [6.45, 7) is 0. The van der Waals surface area contributed by atoms with Gasteiger partial charge in [-0.15, -0.1) is 0 Å². The Balaban J connectivity index is 1.53. The molecular formula is C29H18ClN3. The van der Waals surface area contributed by atoms with Crippen molar-refractivity contribution < 1.29 is 0 Å². The lowest BCUT2D eigenvalue weighted by molar-refractivity contribution is 1.07. The van der Waals surface area contributed by atoms with Gasteiger partial charge < -0.3 is 0 Å². The quantitative estimate of drug-likeness (QED) is 0.279. The van der Waals surface area contributed by atoms with E-state index in [9.17, 15) is 0 Å². The molecule has 33 heavy (non-hydrogen) atoms. The topological polar surface area (TPSA) is 38.7 Å². The van der Waals surface area contributed by atoms with Gasteiger partial charge in [0.2, 0.25) is 5.28 Å². The van der Waals surface area contributed by atoms with E-state index in [0.29, 0.717) is 11.6 Å². The van der Waals surface area contributed by atoms with Crippen LogP contribution >= 0.6 is 11.6 Å². The van der Waals surface area contributed by atoms with Crippen LogP contribution in [0.1, 0.15) is 0 Å². The number of rotatable bonds is 3. The van der Waals surface area contributed by atoms with Gasteiger partial charge in [-0.1, -0.05) is 97.1 Å². The van der Waals surface area contributed by atoms with Crippen molar-refractivity contribution in [3.8, 4) is 33.9 Å². The van der Waals surface area contributed by atoms with Crippen molar-refractivity contribution in [2.24, 2.45) is 0 Å². The monoisotopic (exact) mass is 443 g/mol. The SMILES string of the molecule is Clc1nc(-c2ccc3ccccc3c2)nc(-c2ccc(-c3ccccc3)c3ccccc23)n1. The first-order valence-electron chi connectivity index (χ1n) is 10.7. The fourth-order valence-corrected chi connectivity index (χ4v) is 4.45. The summed E-state index contributed by atoms with van der Waals surface area (Å²) in [5.74, 6) is 1.13. The van der Waals surface area contributed by atoms with Crippen molar-refractivity contribution >= 4 is 33.1 Å². The van der Waals surface area contributed by atoms with Crippen LogP contribution in [0.2, 0.25) is 5.28 Å². The third-order valence-electron chi connectivity index (χ3n) is 5.87. The van der Waals surface area contributed by atoms with E-state index >= 15 is 0 Å². The highest BCUT2D eigenvalue weighted by molar-refractivity contribution is 6.28. The normalized spacial score (nSPS) is 11.2. The number of benzene rings is 5. The van der Waals surface area contributed by atoms with Crippen LogP contribution in [0.15, 0.2) is 109 Å². The lowest BCUT2D eigenvalue weighted by Gasteiger charge is -2.12. The van der Waals surface area contributed by atoms with Crippen LogP contribution in [-0.4, -0.2) is 15.0 Å².